The first-order chi connectivity index (χ1) is 15.0. The Labute approximate surface area is 191 Å². The van der Waals surface area contributed by atoms with Gasteiger partial charge in [0.05, 0.1) is 6.54 Å². The van der Waals surface area contributed by atoms with Crippen molar-refractivity contribution in [3.8, 4) is 0 Å². The minimum atomic E-state index is -0.976. The normalized spacial score (nSPS) is 32.9. The first-order valence-electron chi connectivity index (χ1n) is 11.6. The van der Waals surface area contributed by atoms with Gasteiger partial charge in [0.25, 0.3) is 5.91 Å². The molecule has 2 heterocycles. The van der Waals surface area contributed by atoms with Crippen LogP contribution in [-0.4, -0.2) is 57.5 Å². The minimum absolute atomic E-state index is 0.00910. The Kier molecular flexibility index (Phi) is 6.70. The molecule has 7 nitrogen and oxygen atoms in total. The molecular weight excluding hydrogens is 406 g/mol. The van der Waals surface area contributed by atoms with Gasteiger partial charge in [-0.15, -0.1) is 0 Å². The van der Waals surface area contributed by atoms with E-state index in [9.17, 15) is 14.4 Å². The standard InChI is InChI=1S/C25H37N3O4/c1-7-23(5)17-25(21(30)27(22(31)26-25)14-15-32-19(4)29)18(3)24(6,8-2)28(23)16-20-12-10-9-11-13-20/h9-13,18H,7-8,14-17H2,1-6H3,(H,26,31). The maximum atomic E-state index is 13.7. The van der Waals surface area contributed by atoms with Crippen molar-refractivity contribution < 1.29 is 19.1 Å². The SMILES string of the molecule is CCC1(C)CC2(NC(=O)N(CCOC(C)=O)C2=O)C(C)C(C)(CC)N1Cc1ccccc1. The van der Waals surface area contributed by atoms with E-state index < -0.39 is 17.5 Å². The maximum absolute atomic E-state index is 13.7. The predicted molar refractivity (Wildman–Crippen MR) is 123 cm³/mol. The van der Waals surface area contributed by atoms with Gasteiger partial charge in [-0.05, 0) is 38.7 Å². The highest BCUT2D eigenvalue weighted by atomic mass is 16.5. The Hall–Kier alpha value is -2.41. The molecule has 32 heavy (non-hydrogen) atoms. The van der Waals surface area contributed by atoms with Gasteiger partial charge in [0.1, 0.15) is 12.1 Å². The van der Waals surface area contributed by atoms with E-state index in [1.54, 1.807) is 0 Å². The number of amides is 3. The molecule has 1 N–H and O–H groups in total. The molecule has 0 bridgehead atoms. The van der Waals surface area contributed by atoms with Crippen molar-refractivity contribution in [3.63, 3.8) is 0 Å². The summed E-state index contributed by atoms with van der Waals surface area (Å²) in [7, 11) is 0. The van der Waals surface area contributed by atoms with Gasteiger partial charge in [-0.25, -0.2) is 4.79 Å². The number of carbonyl (C=O) groups is 3. The highest BCUT2D eigenvalue weighted by Crippen LogP contribution is 2.52. The van der Waals surface area contributed by atoms with Crippen LogP contribution in [-0.2, 0) is 20.9 Å². The molecule has 3 rings (SSSR count). The summed E-state index contributed by atoms with van der Waals surface area (Å²) in [6, 6.07) is 10.0. The van der Waals surface area contributed by atoms with Crippen molar-refractivity contribution in [1.29, 1.82) is 0 Å². The smallest absolute Gasteiger partial charge is 0.325 e. The van der Waals surface area contributed by atoms with Crippen LogP contribution >= 0.6 is 0 Å². The van der Waals surface area contributed by atoms with Crippen LogP contribution < -0.4 is 5.32 Å². The number of ether oxygens (including phenoxy) is 1. The topological polar surface area (TPSA) is 79.0 Å². The van der Waals surface area contributed by atoms with Crippen LogP contribution in [0.25, 0.3) is 0 Å². The second-order valence-corrected chi connectivity index (χ2v) is 9.73. The van der Waals surface area contributed by atoms with Crippen LogP contribution in [0.3, 0.4) is 0 Å². The molecule has 4 unspecified atom stereocenters. The van der Waals surface area contributed by atoms with E-state index >= 15 is 0 Å². The summed E-state index contributed by atoms with van der Waals surface area (Å²) in [6.07, 6.45) is 2.23. The number of likely N-dealkylation sites (tertiary alicyclic amines) is 1. The number of esters is 1. The van der Waals surface area contributed by atoms with Gasteiger partial charge >= 0.3 is 12.0 Å². The summed E-state index contributed by atoms with van der Waals surface area (Å²) >= 11 is 0. The molecule has 0 radical (unpaired) electrons. The molecule has 2 fully saturated rings. The summed E-state index contributed by atoms with van der Waals surface area (Å²) in [5.41, 5.74) is -0.342. The predicted octanol–water partition coefficient (Wildman–Crippen LogP) is 3.72. The van der Waals surface area contributed by atoms with Gasteiger partial charge in [0, 0.05) is 30.5 Å². The van der Waals surface area contributed by atoms with Crippen LogP contribution in [0.1, 0.15) is 66.4 Å². The molecule has 1 aromatic rings. The average Bonchev–Trinajstić information content (AvgIpc) is 3.00. The molecule has 4 atom stereocenters. The first-order valence-corrected chi connectivity index (χ1v) is 11.6. The molecule has 1 aromatic carbocycles. The van der Waals surface area contributed by atoms with Crippen molar-refractivity contribution in [2.45, 2.75) is 84.0 Å². The number of rotatable bonds is 7. The van der Waals surface area contributed by atoms with E-state index in [2.05, 4.69) is 69.1 Å². The van der Waals surface area contributed by atoms with E-state index in [0.717, 1.165) is 19.4 Å². The third kappa shape index (κ3) is 3.91. The summed E-state index contributed by atoms with van der Waals surface area (Å²) in [6.45, 7) is 13.0. The van der Waals surface area contributed by atoms with Crippen LogP contribution in [0.15, 0.2) is 30.3 Å². The average molecular weight is 444 g/mol. The van der Waals surface area contributed by atoms with Gasteiger partial charge in [-0.1, -0.05) is 51.1 Å². The number of nitrogens with zero attached hydrogens (tertiary/aromatic N) is 2. The van der Waals surface area contributed by atoms with Crippen molar-refractivity contribution >= 4 is 17.9 Å². The zero-order chi connectivity index (χ0) is 23.7. The van der Waals surface area contributed by atoms with E-state index in [1.165, 1.54) is 17.4 Å². The van der Waals surface area contributed by atoms with E-state index in [0.29, 0.717) is 6.42 Å². The monoisotopic (exact) mass is 443 g/mol. The van der Waals surface area contributed by atoms with E-state index in [4.69, 9.17) is 4.74 Å². The summed E-state index contributed by atoms with van der Waals surface area (Å²) in [5.74, 6) is -0.745. The molecule has 0 aromatic heterocycles. The second-order valence-electron chi connectivity index (χ2n) is 9.73. The highest BCUT2D eigenvalue weighted by molar-refractivity contribution is 6.07. The van der Waals surface area contributed by atoms with Crippen molar-refractivity contribution in [3.05, 3.63) is 35.9 Å². The fraction of sp³-hybridized carbons (Fsp3) is 0.640. The molecule has 3 amide bonds. The highest BCUT2D eigenvalue weighted by Gasteiger charge is 2.66. The number of urea groups is 1. The third-order valence-electron chi connectivity index (χ3n) is 8.08. The third-order valence-corrected chi connectivity index (χ3v) is 8.08. The number of imide groups is 1. The number of carbonyl (C=O) groups excluding carboxylic acids is 3. The van der Waals surface area contributed by atoms with Crippen LogP contribution in [0, 0.1) is 5.92 Å². The van der Waals surface area contributed by atoms with Gasteiger partial charge < -0.3 is 10.1 Å². The molecular formula is C25H37N3O4. The molecule has 2 saturated heterocycles. The lowest BCUT2D eigenvalue weighted by Gasteiger charge is -2.63. The number of nitrogens with one attached hydrogen (secondary N) is 1. The van der Waals surface area contributed by atoms with Gasteiger partial charge in [0.15, 0.2) is 0 Å². The fourth-order valence-electron chi connectivity index (χ4n) is 5.72. The lowest BCUT2D eigenvalue weighted by molar-refractivity contribution is -0.158. The van der Waals surface area contributed by atoms with E-state index in [-0.39, 0.29) is 36.1 Å². The van der Waals surface area contributed by atoms with Gasteiger partial charge in [-0.2, -0.15) is 0 Å². The lowest BCUT2D eigenvalue weighted by atomic mass is 9.59. The molecule has 0 aliphatic carbocycles. The van der Waals surface area contributed by atoms with Crippen molar-refractivity contribution in [2.24, 2.45) is 5.92 Å². The molecule has 2 aliphatic heterocycles. The Morgan fingerprint density at radius 3 is 2.38 bits per heavy atom. The van der Waals surface area contributed by atoms with Crippen molar-refractivity contribution in [2.75, 3.05) is 13.2 Å². The van der Waals surface area contributed by atoms with Crippen molar-refractivity contribution in [1.82, 2.24) is 15.1 Å². The zero-order valence-electron chi connectivity index (χ0n) is 20.2. The Balaban J connectivity index is 1.97. The fourth-order valence-corrected chi connectivity index (χ4v) is 5.72. The summed E-state index contributed by atoms with van der Waals surface area (Å²) < 4.78 is 4.99. The van der Waals surface area contributed by atoms with E-state index in [1.807, 2.05) is 6.07 Å². The Morgan fingerprint density at radius 2 is 1.81 bits per heavy atom. The maximum Gasteiger partial charge on any atom is 0.325 e. The number of piperidine rings is 1. The quantitative estimate of drug-likeness (QED) is 0.513. The van der Waals surface area contributed by atoms with Crippen LogP contribution in [0.2, 0.25) is 0 Å². The lowest BCUT2D eigenvalue weighted by Crippen LogP contribution is -2.75. The molecule has 2 aliphatic rings. The van der Waals surface area contributed by atoms with Crippen LogP contribution in [0.4, 0.5) is 4.79 Å². The van der Waals surface area contributed by atoms with Gasteiger partial charge in [-0.3, -0.25) is 19.4 Å². The number of hydrogen-bond donors (Lipinski definition) is 1. The van der Waals surface area contributed by atoms with Crippen LogP contribution in [0.5, 0.6) is 0 Å². The summed E-state index contributed by atoms with van der Waals surface area (Å²) in [4.78, 5) is 41.5. The molecule has 0 saturated carbocycles. The molecule has 1 spiro atoms. The summed E-state index contributed by atoms with van der Waals surface area (Å²) in [5, 5.41) is 3.09. The largest absolute Gasteiger partial charge is 0.464 e. The number of hydrogen-bond acceptors (Lipinski definition) is 5. The Bertz CT molecular complexity index is 875. The minimum Gasteiger partial charge on any atom is -0.464 e. The first kappa shape index (κ1) is 24.2. The molecule has 176 valence electrons. The molecule has 7 heteroatoms. The Morgan fingerprint density at radius 1 is 1.16 bits per heavy atom. The van der Waals surface area contributed by atoms with Gasteiger partial charge in [0.2, 0.25) is 0 Å². The second kappa shape index (κ2) is 8.85. The number of benzene rings is 1. The zero-order valence-corrected chi connectivity index (χ0v) is 20.2.